The highest BCUT2D eigenvalue weighted by atomic mass is 79.9. The molecular weight excluding hydrogens is 330 g/mol. The standard InChI is InChI=1S/C13H15BrClN3O/c1-13(2,3)10(16)12-17-11(18-19-12)7-4-5-9(15)8(14)6-7/h4-6,10H,16H2,1-3H3. The Hall–Kier alpha value is -0.910. The smallest absolute Gasteiger partial charge is 0.244 e. The van der Waals surface area contributed by atoms with Crippen molar-refractivity contribution < 1.29 is 4.52 Å². The van der Waals surface area contributed by atoms with Gasteiger partial charge in [0.1, 0.15) is 0 Å². The third-order valence-electron chi connectivity index (χ3n) is 2.82. The van der Waals surface area contributed by atoms with Crippen molar-refractivity contribution in [3.63, 3.8) is 0 Å². The molecule has 0 saturated heterocycles. The number of hydrogen-bond donors (Lipinski definition) is 1. The van der Waals surface area contributed by atoms with Crippen LogP contribution in [-0.2, 0) is 0 Å². The van der Waals surface area contributed by atoms with E-state index in [0.717, 1.165) is 10.0 Å². The van der Waals surface area contributed by atoms with Gasteiger partial charge >= 0.3 is 0 Å². The summed E-state index contributed by atoms with van der Waals surface area (Å²) < 4.78 is 6.03. The lowest BCUT2D eigenvalue weighted by atomic mass is 9.87. The minimum atomic E-state index is -0.301. The van der Waals surface area contributed by atoms with Crippen LogP contribution in [-0.4, -0.2) is 10.1 Å². The van der Waals surface area contributed by atoms with Crippen LogP contribution in [0.3, 0.4) is 0 Å². The lowest BCUT2D eigenvalue weighted by Gasteiger charge is -2.23. The Morgan fingerprint density at radius 1 is 1.37 bits per heavy atom. The third-order valence-corrected chi connectivity index (χ3v) is 4.03. The van der Waals surface area contributed by atoms with E-state index >= 15 is 0 Å². The number of nitrogens with zero attached hydrogens (tertiary/aromatic N) is 2. The zero-order chi connectivity index (χ0) is 14.2. The SMILES string of the molecule is CC(C)(C)C(N)c1nc(-c2ccc(Cl)c(Br)c2)no1. The molecule has 2 rings (SSSR count). The normalized spacial score (nSPS) is 13.6. The molecule has 6 heteroatoms. The van der Waals surface area contributed by atoms with Gasteiger partial charge in [0.05, 0.1) is 11.1 Å². The molecule has 1 aromatic heterocycles. The van der Waals surface area contributed by atoms with Crippen LogP contribution in [0.2, 0.25) is 5.02 Å². The topological polar surface area (TPSA) is 64.9 Å². The molecule has 4 nitrogen and oxygen atoms in total. The second kappa shape index (κ2) is 5.23. The highest BCUT2D eigenvalue weighted by molar-refractivity contribution is 9.10. The van der Waals surface area contributed by atoms with E-state index in [4.69, 9.17) is 21.9 Å². The fourth-order valence-electron chi connectivity index (χ4n) is 1.48. The molecule has 102 valence electrons. The maximum atomic E-state index is 6.09. The summed E-state index contributed by atoms with van der Waals surface area (Å²) in [5.74, 6) is 0.945. The molecule has 1 heterocycles. The summed E-state index contributed by atoms with van der Waals surface area (Å²) in [7, 11) is 0. The molecule has 1 unspecified atom stereocenters. The average Bonchev–Trinajstić information content (AvgIpc) is 2.79. The van der Waals surface area contributed by atoms with Crippen molar-refractivity contribution in [2.75, 3.05) is 0 Å². The van der Waals surface area contributed by atoms with Crippen molar-refractivity contribution in [2.24, 2.45) is 11.1 Å². The zero-order valence-electron chi connectivity index (χ0n) is 10.9. The molecule has 0 fully saturated rings. The van der Waals surface area contributed by atoms with Crippen LogP contribution in [0.4, 0.5) is 0 Å². The Labute approximate surface area is 125 Å². The molecule has 2 aromatic rings. The second-order valence-corrected chi connectivity index (χ2v) is 6.69. The van der Waals surface area contributed by atoms with Gasteiger partial charge in [-0.2, -0.15) is 4.98 Å². The highest BCUT2D eigenvalue weighted by Gasteiger charge is 2.27. The molecule has 19 heavy (non-hydrogen) atoms. The van der Waals surface area contributed by atoms with Crippen molar-refractivity contribution in [1.82, 2.24) is 10.1 Å². The summed E-state index contributed by atoms with van der Waals surface area (Å²) in [4.78, 5) is 4.35. The van der Waals surface area contributed by atoms with E-state index in [1.165, 1.54) is 0 Å². The van der Waals surface area contributed by atoms with Crippen LogP contribution >= 0.6 is 27.5 Å². The maximum absolute atomic E-state index is 6.09. The van der Waals surface area contributed by atoms with E-state index in [-0.39, 0.29) is 11.5 Å². The molecular formula is C13H15BrClN3O. The Balaban J connectivity index is 2.33. The quantitative estimate of drug-likeness (QED) is 0.886. The molecule has 0 spiro atoms. The maximum Gasteiger partial charge on any atom is 0.244 e. The van der Waals surface area contributed by atoms with Crippen molar-refractivity contribution in [2.45, 2.75) is 26.8 Å². The summed E-state index contributed by atoms with van der Waals surface area (Å²) >= 11 is 9.32. The van der Waals surface area contributed by atoms with Gasteiger partial charge in [-0.05, 0) is 39.5 Å². The van der Waals surface area contributed by atoms with Crippen LogP contribution in [0.1, 0.15) is 32.7 Å². The fraction of sp³-hybridized carbons (Fsp3) is 0.385. The number of halogens is 2. The number of nitrogens with two attached hydrogens (primary N) is 1. The molecule has 1 aromatic carbocycles. The predicted octanol–water partition coefficient (Wildman–Crippen LogP) is 4.20. The first-order chi connectivity index (χ1) is 8.79. The second-order valence-electron chi connectivity index (χ2n) is 5.43. The molecule has 0 aliphatic rings. The number of benzene rings is 1. The van der Waals surface area contributed by atoms with Crippen LogP contribution in [0, 0.1) is 5.41 Å². The van der Waals surface area contributed by atoms with Gasteiger partial charge in [-0.1, -0.05) is 37.5 Å². The summed E-state index contributed by atoms with van der Waals surface area (Å²) in [5, 5.41) is 4.60. The first-order valence-electron chi connectivity index (χ1n) is 5.83. The summed E-state index contributed by atoms with van der Waals surface area (Å²) in [6.45, 7) is 6.08. The number of hydrogen-bond acceptors (Lipinski definition) is 4. The lowest BCUT2D eigenvalue weighted by Crippen LogP contribution is -2.26. The molecule has 0 bridgehead atoms. The van der Waals surface area contributed by atoms with Crippen LogP contribution in [0.5, 0.6) is 0 Å². The van der Waals surface area contributed by atoms with Gasteiger partial charge in [0.25, 0.3) is 0 Å². The largest absolute Gasteiger partial charge is 0.337 e. The van der Waals surface area contributed by atoms with E-state index in [0.29, 0.717) is 16.7 Å². The predicted molar refractivity (Wildman–Crippen MR) is 78.8 cm³/mol. The van der Waals surface area contributed by atoms with E-state index < -0.39 is 0 Å². The van der Waals surface area contributed by atoms with Gasteiger partial charge in [0.2, 0.25) is 11.7 Å². The Bertz CT molecular complexity index is 592. The molecule has 1 atom stereocenters. The van der Waals surface area contributed by atoms with Gasteiger partial charge in [0, 0.05) is 10.0 Å². The Kier molecular flexibility index (Phi) is 3.99. The highest BCUT2D eigenvalue weighted by Crippen LogP contribution is 2.31. The van der Waals surface area contributed by atoms with Gasteiger partial charge < -0.3 is 10.3 Å². The van der Waals surface area contributed by atoms with Crippen molar-refractivity contribution in [1.29, 1.82) is 0 Å². The van der Waals surface area contributed by atoms with E-state index in [1.807, 2.05) is 32.9 Å². The Morgan fingerprint density at radius 3 is 2.63 bits per heavy atom. The Morgan fingerprint density at radius 2 is 2.05 bits per heavy atom. The summed E-state index contributed by atoms with van der Waals surface area (Å²) in [6, 6.07) is 5.16. The number of rotatable bonds is 2. The van der Waals surface area contributed by atoms with Gasteiger partial charge in [-0.25, -0.2) is 0 Å². The van der Waals surface area contributed by atoms with Crippen LogP contribution < -0.4 is 5.73 Å². The van der Waals surface area contributed by atoms with Crippen molar-refractivity contribution >= 4 is 27.5 Å². The lowest BCUT2D eigenvalue weighted by molar-refractivity contribution is 0.253. The monoisotopic (exact) mass is 343 g/mol. The summed E-state index contributed by atoms with van der Waals surface area (Å²) in [6.07, 6.45) is 0. The van der Waals surface area contributed by atoms with Crippen molar-refractivity contribution in [3.8, 4) is 11.4 Å². The van der Waals surface area contributed by atoms with Gasteiger partial charge in [-0.15, -0.1) is 0 Å². The van der Waals surface area contributed by atoms with E-state index in [9.17, 15) is 0 Å². The minimum Gasteiger partial charge on any atom is -0.337 e. The van der Waals surface area contributed by atoms with E-state index in [1.54, 1.807) is 6.07 Å². The molecule has 0 radical (unpaired) electrons. The fourth-order valence-corrected chi connectivity index (χ4v) is 1.98. The minimum absolute atomic E-state index is 0.135. The van der Waals surface area contributed by atoms with E-state index in [2.05, 4.69) is 26.1 Å². The van der Waals surface area contributed by atoms with Crippen LogP contribution in [0.15, 0.2) is 27.2 Å². The van der Waals surface area contributed by atoms with Gasteiger partial charge in [-0.3, -0.25) is 0 Å². The molecule has 0 saturated carbocycles. The first kappa shape index (κ1) is 14.5. The zero-order valence-corrected chi connectivity index (χ0v) is 13.3. The summed E-state index contributed by atoms with van der Waals surface area (Å²) in [5.41, 5.74) is 6.78. The first-order valence-corrected chi connectivity index (χ1v) is 7.01. The van der Waals surface area contributed by atoms with Crippen molar-refractivity contribution in [3.05, 3.63) is 33.6 Å². The molecule has 0 aliphatic heterocycles. The molecule has 0 aliphatic carbocycles. The number of aromatic nitrogens is 2. The molecule has 2 N–H and O–H groups in total. The molecule has 0 amide bonds. The average molecular weight is 345 g/mol. The van der Waals surface area contributed by atoms with Gasteiger partial charge in [0.15, 0.2) is 0 Å². The third kappa shape index (κ3) is 3.16. The van der Waals surface area contributed by atoms with Crippen LogP contribution in [0.25, 0.3) is 11.4 Å².